The van der Waals surface area contributed by atoms with Crippen LogP contribution in [0.4, 0.5) is 0 Å². The SMILES string of the molecule is CCCC(N)CNS(=O)(=O)N(C)C(C)C. The number of nitrogens with two attached hydrogens (primary N) is 1. The standard InChI is InChI=1S/C9H23N3O2S/c1-5-6-9(10)7-11-15(13,14)12(4)8(2)3/h8-9,11H,5-7,10H2,1-4H3. The minimum Gasteiger partial charge on any atom is -0.327 e. The number of nitrogens with zero attached hydrogens (tertiary/aromatic N) is 1. The van der Waals surface area contributed by atoms with Crippen LogP contribution in [-0.4, -0.2) is 38.4 Å². The summed E-state index contributed by atoms with van der Waals surface area (Å²) in [7, 11) is -1.82. The molecule has 0 aromatic carbocycles. The minimum absolute atomic E-state index is 0.0510. The maximum atomic E-state index is 11.6. The molecule has 0 aliphatic heterocycles. The summed E-state index contributed by atoms with van der Waals surface area (Å²) in [6.45, 7) is 5.97. The number of hydrogen-bond acceptors (Lipinski definition) is 3. The summed E-state index contributed by atoms with van der Waals surface area (Å²) in [5, 5.41) is 0. The summed E-state index contributed by atoms with van der Waals surface area (Å²) in [6, 6.07) is -0.157. The predicted molar refractivity (Wildman–Crippen MR) is 62.7 cm³/mol. The van der Waals surface area contributed by atoms with E-state index in [1.165, 1.54) is 4.31 Å². The molecule has 0 aromatic rings. The van der Waals surface area contributed by atoms with Gasteiger partial charge in [-0.2, -0.15) is 12.7 Å². The van der Waals surface area contributed by atoms with Crippen LogP contribution in [0.2, 0.25) is 0 Å². The highest BCUT2D eigenvalue weighted by Gasteiger charge is 2.20. The first-order chi connectivity index (χ1) is 6.81. The average molecular weight is 237 g/mol. The molecule has 0 bridgehead atoms. The molecular weight excluding hydrogens is 214 g/mol. The van der Waals surface area contributed by atoms with Crippen LogP contribution in [0.1, 0.15) is 33.6 Å². The van der Waals surface area contributed by atoms with Crippen molar-refractivity contribution in [1.29, 1.82) is 0 Å². The molecule has 0 rings (SSSR count). The highest BCUT2D eigenvalue weighted by atomic mass is 32.2. The Bertz CT molecular complexity index is 265. The van der Waals surface area contributed by atoms with Gasteiger partial charge in [-0.25, -0.2) is 4.72 Å². The van der Waals surface area contributed by atoms with Gasteiger partial charge in [-0.1, -0.05) is 13.3 Å². The van der Waals surface area contributed by atoms with Crippen LogP contribution in [0.3, 0.4) is 0 Å². The molecule has 0 spiro atoms. The quantitative estimate of drug-likeness (QED) is 0.668. The third-order valence-corrected chi connectivity index (χ3v) is 4.01. The van der Waals surface area contributed by atoms with Crippen molar-refractivity contribution in [3.8, 4) is 0 Å². The van der Waals surface area contributed by atoms with Gasteiger partial charge in [0.1, 0.15) is 0 Å². The second-order valence-electron chi connectivity index (χ2n) is 4.01. The van der Waals surface area contributed by atoms with Gasteiger partial charge in [-0.15, -0.1) is 0 Å². The minimum atomic E-state index is -3.37. The zero-order chi connectivity index (χ0) is 12.1. The Kier molecular flexibility index (Phi) is 6.35. The molecule has 0 amide bonds. The van der Waals surface area contributed by atoms with Gasteiger partial charge in [0.25, 0.3) is 10.2 Å². The van der Waals surface area contributed by atoms with Crippen LogP contribution in [0.5, 0.6) is 0 Å². The van der Waals surface area contributed by atoms with Gasteiger partial charge in [0, 0.05) is 25.7 Å². The third kappa shape index (κ3) is 5.46. The normalized spacial score (nSPS) is 14.9. The van der Waals surface area contributed by atoms with Gasteiger partial charge in [0.05, 0.1) is 0 Å². The fourth-order valence-electron chi connectivity index (χ4n) is 1.06. The molecule has 1 unspecified atom stereocenters. The predicted octanol–water partition coefficient (Wildman–Crippen LogP) is 0.288. The van der Waals surface area contributed by atoms with E-state index in [9.17, 15) is 8.42 Å². The van der Waals surface area contributed by atoms with E-state index in [1.54, 1.807) is 7.05 Å². The van der Waals surface area contributed by atoms with Crippen molar-refractivity contribution >= 4 is 10.2 Å². The van der Waals surface area contributed by atoms with Gasteiger partial charge < -0.3 is 5.73 Å². The van der Waals surface area contributed by atoms with Crippen molar-refractivity contribution in [1.82, 2.24) is 9.03 Å². The lowest BCUT2D eigenvalue weighted by Gasteiger charge is -2.22. The first-order valence-electron chi connectivity index (χ1n) is 5.29. The van der Waals surface area contributed by atoms with Crippen LogP contribution < -0.4 is 10.5 Å². The van der Waals surface area contributed by atoms with E-state index in [-0.39, 0.29) is 12.1 Å². The molecule has 0 saturated heterocycles. The highest BCUT2D eigenvalue weighted by Crippen LogP contribution is 2.01. The Hall–Kier alpha value is -0.170. The molecule has 0 aromatic heterocycles. The molecule has 15 heavy (non-hydrogen) atoms. The molecule has 1 atom stereocenters. The van der Waals surface area contributed by atoms with Crippen molar-refractivity contribution < 1.29 is 8.42 Å². The summed E-state index contributed by atoms with van der Waals surface area (Å²) in [6.07, 6.45) is 1.79. The molecular formula is C9H23N3O2S. The van der Waals surface area contributed by atoms with Crippen LogP contribution in [0.15, 0.2) is 0 Å². The lowest BCUT2D eigenvalue weighted by atomic mass is 10.2. The summed E-state index contributed by atoms with van der Waals surface area (Å²) in [5.74, 6) is 0. The van der Waals surface area contributed by atoms with E-state index in [1.807, 2.05) is 20.8 Å². The first kappa shape index (κ1) is 14.8. The Morgan fingerprint density at radius 1 is 1.40 bits per heavy atom. The first-order valence-corrected chi connectivity index (χ1v) is 6.73. The van der Waals surface area contributed by atoms with Gasteiger partial charge >= 0.3 is 0 Å². The van der Waals surface area contributed by atoms with Crippen LogP contribution >= 0.6 is 0 Å². The van der Waals surface area contributed by atoms with Crippen LogP contribution in [0, 0.1) is 0 Å². The fraction of sp³-hybridized carbons (Fsp3) is 1.00. The van der Waals surface area contributed by atoms with Crippen LogP contribution in [-0.2, 0) is 10.2 Å². The molecule has 0 aliphatic rings. The summed E-state index contributed by atoms with van der Waals surface area (Å²) in [5.41, 5.74) is 5.72. The van der Waals surface area contributed by atoms with E-state index in [0.29, 0.717) is 6.54 Å². The number of hydrogen-bond donors (Lipinski definition) is 2. The van der Waals surface area contributed by atoms with Gasteiger partial charge in [0.2, 0.25) is 0 Å². The van der Waals surface area contributed by atoms with E-state index < -0.39 is 10.2 Å². The molecule has 0 saturated carbocycles. The topological polar surface area (TPSA) is 75.4 Å². The Labute approximate surface area is 93.2 Å². The van der Waals surface area contributed by atoms with E-state index in [2.05, 4.69) is 4.72 Å². The molecule has 0 radical (unpaired) electrons. The Morgan fingerprint density at radius 2 is 1.93 bits per heavy atom. The van der Waals surface area contributed by atoms with Crippen molar-refractivity contribution in [2.75, 3.05) is 13.6 Å². The maximum Gasteiger partial charge on any atom is 0.279 e. The molecule has 0 heterocycles. The smallest absolute Gasteiger partial charge is 0.279 e. The summed E-state index contributed by atoms with van der Waals surface area (Å²) < 4.78 is 27.1. The largest absolute Gasteiger partial charge is 0.327 e. The van der Waals surface area contributed by atoms with E-state index in [0.717, 1.165) is 12.8 Å². The second-order valence-corrected chi connectivity index (χ2v) is 5.83. The molecule has 5 nitrogen and oxygen atoms in total. The fourth-order valence-corrected chi connectivity index (χ4v) is 2.25. The average Bonchev–Trinajstić information content (AvgIpc) is 2.14. The molecule has 0 fully saturated rings. The molecule has 3 N–H and O–H groups in total. The Balaban J connectivity index is 4.16. The van der Waals surface area contributed by atoms with Crippen molar-refractivity contribution in [3.63, 3.8) is 0 Å². The van der Waals surface area contributed by atoms with Crippen molar-refractivity contribution in [2.45, 2.75) is 45.7 Å². The zero-order valence-corrected chi connectivity index (χ0v) is 10.8. The van der Waals surface area contributed by atoms with Gasteiger partial charge in [0.15, 0.2) is 0 Å². The monoisotopic (exact) mass is 237 g/mol. The summed E-state index contributed by atoms with van der Waals surface area (Å²) >= 11 is 0. The second kappa shape index (κ2) is 6.42. The van der Waals surface area contributed by atoms with Gasteiger partial charge in [-0.05, 0) is 20.3 Å². The zero-order valence-electron chi connectivity index (χ0n) is 10.0. The summed E-state index contributed by atoms with van der Waals surface area (Å²) in [4.78, 5) is 0. The van der Waals surface area contributed by atoms with E-state index in [4.69, 9.17) is 5.73 Å². The third-order valence-electron chi connectivity index (χ3n) is 2.29. The lowest BCUT2D eigenvalue weighted by Crippen LogP contribution is -2.46. The van der Waals surface area contributed by atoms with Crippen molar-refractivity contribution in [2.24, 2.45) is 5.73 Å². The number of rotatable bonds is 7. The maximum absolute atomic E-state index is 11.6. The highest BCUT2D eigenvalue weighted by molar-refractivity contribution is 7.87. The van der Waals surface area contributed by atoms with Crippen LogP contribution in [0.25, 0.3) is 0 Å². The molecule has 0 aliphatic carbocycles. The van der Waals surface area contributed by atoms with Gasteiger partial charge in [-0.3, -0.25) is 0 Å². The van der Waals surface area contributed by atoms with Crippen molar-refractivity contribution in [3.05, 3.63) is 0 Å². The molecule has 92 valence electrons. The number of nitrogens with one attached hydrogen (secondary N) is 1. The Morgan fingerprint density at radius 3 is 2.33 bits per heavy atom. The van der Waals surface area contributed by atoms with E-state index >= 15 is 0 Å². The molecule has 6 heteroatoms. The lowest BCUT2D eigenvalue weighted by molar-refractivity contribution is 0.400.